The largest absolute Gasteiger partial charge is 0.494 e. The molecule has 12 nitrogen and oxygen atoms in total. The number of nitrogens with zero attached hydrogens (tertiary/aromatic N) is 8. The molecular weight excluding hydrogens is 536 g/mol. The lowest BCUT2D eigenvalue weighted by Gasteiger charge is -2.24. The molecule has 42 heavy (non-hydrogen) atoms. The van der Waals surface area contributed by atoms with Crippen LogP contribution in [-0.4, -0.2) is 84.1 Å². The first kappa shape index (κ1) is 27.1. The summed E-state index contributed by atoms with van der Waals surface area (Å²) >= 11 is 0. The van der Waals surface area contributed by atoms with Crippen molar-refractivity contribution in [1.82, 2.24) is 39.5 Å². The minimum atomic E-state index is -0.257. The topological polar surface area (TPSA) is 132 Å². The van der Waals surface area contributed by atoms with E-state index in [0.717, 1.165) is 17.1 Å². The van der Waals surface area contributed by atoms with Crippen LogP contribution in [0.4, 0.5) is 0 Å². The lowest BCUT2D eigenvalue weighted by atomic mass is 10.2. The summed E-state index contributed by atoms with van der Waals surface area (Å²) < 4.78 is 13.5. The van der Waals surface area contributed by atoms with Gasteiger partial charge in [0.25, 0.3) is 11.8 Å². The second-order valence-corrected chi connectivity index (χ2v) is 9.94. The van der Waals surface area contributed by atoms with Crippen LogP contribution < -0.4 is 4.74 Å². The highest BCUT2D eigenvalue weighted by Crippen LogP contribution is 2.24. The van der Waals surface area contributed by atoms with Gasteiger partial charge in [-0.05, 0) is 43.5 Å². The fourth-order valence-electron chi connectivity index (χ4n) is 5.04. The zero-order chi connectivity index (χ0) is 28.7. The van der Waals surface area contributed by atoms with Crippen molar-refractivity contribution in [2.24, 2.45) is 0 Å². The van der Waals surface area contributed by atoms with E-state index in [0.29, 0.717) is 75.3 Å². The van der Waals surface area contributed by atoms with Crippen molar-refractivity contribution in [3.63, 3.8) is 0 Å². The number of hydrogen-bond donors (Lipinski definition) is 0. The van der Waals surface area contributed by atoms with Gasteiger partial charge >= 0.3 is 0 Å². The van der Waals surface area contributed by atoms with Crippen LogP contribution >= 0.6 is 0 Å². The van der Waals surface area contributed by atoms with Gasteiger partial charge in [-0.25, -0.2) is 15.0 Å². The van der Waals surface area contributed by atoms with Crippen molar-refractivity contribution in [2.75, 3.05) is 32.8 Å². The highest BCUT2D eigenvalue weighted by molar-refractivity contribution is 6.02. The Kier molecular flexibility index (Phi) is 8.11. The van der Waals surface area contributed by atoms with Gasteiger partial charge in [0.05, 0.1) is 18.2 Å². The van der Waals surface area contributed by atoms with Gasteiger partial charge in [0, 0.05) is 69.3 Å². The van der Waals surface area contributed by atoms with Crippen molar-refractivity contribution in [3.8, 4) is 17.1 Å². The normalized spacial score (nSPS) is 15.0. The predicted molar refractivity (Wildman–Crippen MR) is 153 cm³/mol. The molecule has 12 heteroatoms. The van der Waals surface area contributed by atoms with Gasteiger partial charge in [0.15, 0.2) is 0 Å². The average Bonchev–Trinajstić information content (AvgIpc) is 3.69. The number of fused-ring (bicyclic) bond motifs is 5. The van der Waals surface area contributed by atoms with Gasteiger partial charge in [-0.2, -0.15) is 0 Å². The maximum absolute atomic E-state index is 13.8. The van der Waals surface area contributed by atoms with E-state index in [1.54, 1.807) is 40.5 Å². The zero-order valence-corrected chi connectivity index (χ0v) is 23.0. The van der Waals surface area contributed by atoms with Crippen LogP contribution in [0.25, 0.3) is 22.4 Å². The average molecular weight is 567 g/mol. The zero-order valence-electron chi connectivity index (χ0n) is 23.0. The summed E-state index contributed by atoms with van der Waals surface area (Å²) in [5.41, 5.74) is 1.60. The van der Waals surface area contributed by atoms with Crippen LogP contribution in [0.2, 0.25) is 0 Å². The third-order valence-electron chi connectivity index (χ3n) is 7.17. The van der Waals surface area contributed by atoms with Crippen LogP contribution in [0, 0.1) is 0 Å². The van der Waals surface area contributed by atoms with E-state index >= 15 is 0 Å². The van der Waals surface area contributed by atoms with Gasteiger partial charge in [0.1, 0.15) is 17.3 Å². The summed E-state index contributed by atoms with van der Waals surface area (Å²) in [6.45, 7) is 2.87. The molecule has 0 N–H and O–H groups in total. The SMILES string of the molecule is O=C(c1cnccn1)N1CCCCN(C(=O)c2onc3ncccc23)CCn2ccnc2-c2cccc(c2)OCCC1. The number of pyridine rings is 1. The molecule has 0 fully saturated rings. The van der Waals surface area contributed by atoms with Gasteiger partial charge in [-0.15, -0.1) is 0 Å². The fourth-order valence-corrected chi connectivity index (χ4v) is 5.04. The summed E-state index contributed by atoms with van der Waals surface area (Å²) in [6.07, 6.45) is 11.8. The first-order valence-corrected chi connectivity index (χ1v) is 14.0. The minimum Gasteiger partial charge on any atom is -0.494 e. The van der Waals surface area contributed by atoms with E-state index in [9.17, 15) is 9.59 Å². The quantitative estimate of drug-likeness (QED) is 0.313. The Balaban J connectivity index is 1.27. The molecular formula is C30H30N8O4. The van der Waals surface area contributed by atoms with Gasteiger partial charge in [-0.3, -0.25) is 14.6 Å². The molecule has 1 aromatic carbocycles. The van der Waals surface area contributed by atoms with Gasteiger partial charge in [0.2, 0.25) is 11.4 Å². The van der Waals surface area contributed by atoms with E-state index in [1.807, 2.05) is 35.0 Å². The smallest absolute Gasteiger partial charge is 0.293 e. The monoisotopic (exact) mass is 566 g/mol. The predicted octanol–water partition coefficient (Wildman–Crippen LogP) is 3.72. The molecule has 5 aromatic rings. The molecule has 2 bridgehead atoms. The number of imidazole rings is 1. The standard InChI is InChI=1S/C30H30N8O4/c39-29(25-21-31-10-11-32-25)37-13-1-2-14-38(30(40)26-24-8-4-9-33-27(24)35-42-26)18-17-36-16-12-34-28(36)22-6-3-7-23(20-22)41-19-5-15-37/h3-4,6-12,16,20-21H,1-2,5,13-15,17-19H2. The Bertz CT molecular complexity index is 1670. The molecule has 1 aliphatic heterocycles. The van der Waals surface area contributed by atoms with Crippen LogP contribution in [0.15, 0.2) is 78.1 Å². The van der Waals surface area contributed by atoms with Crippen molar-refractivity contribution in [3.05, 3.63) is 85.0 Å². The molecule has 0 aliphatic carbocycles. The summed E-state index contributed by atoms with van der Waals surface area (Å²) in [5.74, 6) is 1.24. The molecule has 0 saturated carbocycles. The van der Waals surface area contributed by atoms with Crippen LogP contribution in [0.3, 0.4) is 0 Å². The molecule has 0 radical (unpaired) electrons. The second-order valence-electron chi connectivity index (χ2n) is 9.94. The molecule has 4 aromatic heterocycles. The molecule has 0 spiro atoms. The minimum absolute atomic E-state index is 0.166. The lowest BCUT2D eigenvalue weighted by Crippen LogP contribution is -2.36. The molecule has 0 saturated heterocycles. The first-order valence-electron chi connectivity index (χ1n) is 14.0. The first-order chi connectivity index (χ1) is 20.7. The Hall–Kier alpha value is -5.13. The van der Waals surface area contributed by atoms with Crippen LogP contribution in [-0.2, 0) is 6.54 Å². The second kappa shape index (κ2) is 12.6. The van der Waals surface area contributed by atoms with Crippen LogP contribution in [0.1, 0.15) is 40.3 Å². The highest BCUT2D eigenvalue weighted by Gasteiger charge is 2.24. The molecule has 2 amide bonds. The molecule has 1 aliphatic rings. The molecule has 6 rings (SSSR count). The van der Waals surface area contributed by atoms with Gasteiger partial charge in [-0.1, -0.05) is 17.3 Å². The number of ether oxygens (including phenoxy) is 1. The Morgan fingerprint density at radius 3 is 2.50 bits per heavy atom. The van der Waals surface area contributed by atoms with Crippen molar-refractivity contribution >= 4 is 22.8 Å². The Labute approximate surface area is 242 Å². The Morgan fingerprint density at radius 2 is 1.64 bits per heavy atom. The number of carbonyl (C=O) groups is 2. The number of carbonyl (C=O) groups excluding carboxylic acids is 2. The van der Waals surface area contributed by atoms with E-state index in [4.69, 9.17) is 9.26 Å². The summed E-state index contributed by atoms with van der Waals surface area (Å²) in [7, 11) is 0. The number of amides is 2. The molecule has 0 atom stereocenters. The lowest BCUT2D eigenvalue weighted by molar-refractivity contribution is 0.0688. The van der Waals surface area contributed by atoms with Crippen molar-refractivity contribution < 1.29 is 18.8 Å². The van der Waals surface area contributed by atoms with Crippen molar-refractivity contribution in [1.29, 1.82) is 0 Å². The number of hydrogen-bond acceptors (Lipinski definition) is 9. The van der Waals surface area contributed by atoms with E-state index < -0.39 is 0 Å². The third-order valence-corrected chi connectivity index (χ3v) is 7.17. The summed E-state index contributed by atoms with van der Waals surface area (Å²) in [6, 6.07) is 11.3. The number of rotatable bonds is 2. The maximum Gasteiger partial charge on any atom is 0.293 e. The fraction of sp³-hybridized carbons (Fsp3) is 0.300. The molecule has 0 unspecified atom stereocenters. The van der Waals surface area contributed by atoms with E-state index in [2.05, 4.69) is 25.1 Å². The van der Waals surface area contributed by atoms with Crippen LogP contribution in [0.5, 0.6) is 5.75 Å². The van der Waals surface area contributed by atoms with Gasteiger partial charge < -0.3 is 23.6 Å². The summed E-state index contributed by atoms with van der Waals surface area (Å²) in [4.78, 5) is 47.6. The van der Waals surface area contributed by atoms with Crippen molar-refractivity contribution in [2.45, 2.75) is 25.8 Å². The third kappa shape index (κ3) is 5.97. The highest BCUT2D eigenvalue weighted by atomic mass is 16.5. The summed E-state index contributed by atoms with van der Waals surface area (Å²) in [5, 5.41) is 4.55. The molecule has 214 valence electrons. The number of benzene rings is 1. The molecule has 5 heterocycles. The van der Waals surface area contributed by atoms with E-state index in [-0.39, 0.29) is 17.6 Å². The Morgan fingerprint density at radius 1 is 0.786 bits per heavy atom. The van der Waals surface area contributed by atoms with E-state index in [1.165, 1.54) is 12.4 Å². The maximum atomic E-state index is 13.8. The number of aromatic nitrogens is 6.